The van der Waals surface area contributed by atoms with Crippen LogP contribution in [-0.4, -0.2) is 15.6 Å². The van der Waals surface area contributed by atoms with Gasteiger partial charge >= 0.3 is 5.97 Å². The first-order valence-corrected chi connectivity index (χ1v) is 9.89. The van der Waals surface area contributed by atoms with Gasteiger partial charge in [0.15, 0.2) is 0 Å². The summed E-state index contributed by atoms with van der Waals surface area (Å²) in [6.45, 7) is 2.14. The van der Waals surface area contributed by atoms with Crippen LogP contribution >= 0.6 is 11.6 Å². The minimum Gasteiger partial charge on any atom is -0.508 e. The molecule has 0 spiro atoms. The molecule has 2 aromatic carbocycles. The van der Waals surface area contributed by atoms with Crippen molar-refractivity contribution in [1.29, 1.82) is 0 Å². The summed E-state index contributed by atoms with van der Waals surface area (Å²) >= 11 is 6.23. The van der Waals surface area contributed by atoms with Crippen molar-refractivity contribution in [2.24, 2.45) is 0 Å². The summed E-state index contributed by atoms with van der Waals surface area (Å²) in [5.41, 5.74) is 1.61. The molecule has 4 rings (SSSR count). The average molecular weight is 428 g/mol. The normalized spacial score (nSPS) is 15.6. The van der Waals surface area contributed by atoms with Gasteiger partial charge in [0, 0.05) is 34.8 Å². The number of phenolic OH excluding ortho intramolecular Hbond substituents is 1. The summed E-state index contributed by atoms with van der Waals surface area (Å²) in [4.78, 5) is 25.5. The Morgan fingerprint density at radius 2 is 1.90 bits per heavy atom. The van der Waals surface area contributed by atoms with E-state index in [2.05, 4.69) is 0 Å². The van der Waals surface area contributed by atoms with Crippen molar-refractivity contribution in [1.82, 2.24) is 4.57 Å². The van der Waals surface area contributed by atoms with Crippen molar-refractivity contribution in [2.75, 3.05) is 0 Å². The van der Waals surface area contributed by atoms with E-state index in [1.165, 1.54) is 18.2 Å². The van der Waals surface area contributed by atoms with E-state index in [-0.39, 0.29) is 39.6 Å². The number of rotatable bonds is 4. The van der Waals surface area contributed by atoms with Crippen LogP contribution in [0.3, 0.4) is 0 Å². The fourth-order valence-corrected chi connectivity index (χ4v) is 4.16. The van der Waals surface area contributed by atoms with E-state index >= 15 is 0 Å². The van der Waals surface area contributed by atoms with E-state index in [1.54, 1.807) is 41.8 Å². The third-order valence-electron chi connectivity index (χ3n) is 5.36. The van der Waals surface area contributed by atoms with Crippen molar-refractivity contribution >= 4 is 17.6 Å². The summed E-state index contributed by atoms with van der Waals surface area (Å²) in [7, 11) is 0. The fourth-order valence-electron chi connectivity index (χ4n) is 3.87. The highest BCUT2D eigenvalue weighted by Crippen LogP contribution is 2.40. The number of phenols is 1. The van der Waals surface area contributed by atoms with Crippen molar-refractivity contribution in [2.45, 2.75) is 32.2 Å². The Labute approximate surface area is 177 Å². The molecular weight excluding hydrogens is 409 g/mol. The molecular formula is C23H19ClFNO4. The average Bonchev–Trinajstić information content (AvgIpc) is 2.68. The summed E-state index contributed by atoms with van der Waals surface area (Å²) < 4.78 is 21.5. The van der Waals surface area contributed by atoms with Gasteiger partial charge in [-0.15, -0.1) is 0 Å². The third-order valence-corrected chi connectivity index (χ3v) is 5.69. The van der Waals surface area contributed by atoms with E-state index in [1.807, 2.05) is 0 Å². The van der Waals surface area contributed by atoms with Crippen molar-refractivity contribution < 1.29 is 19.0 Å². The Balaban J connectivity index is 1.78. The number of esters is 1. The number of pyridine rings is 1. The van der Waals surface area contributed by atoms with Crippen molar-refractivity contribution in [3.63, 3.8) is 0 Å². The zero-order valence-electron chi connectivity index (χ0n) is 16.2. The minimum atomic E-state index is -0.817. The first kappa shape index (κ1) is 20.2. The van der Waals surface area contributed by atoms with Crippen LogP contribution in [0.1, 0.15) is 34.7 Å². The van der Waals surface area contributed by atoms with Crippen LogP contribution in [0.2, 0.25) is 5.02 Å². The Morgan fingerprint density at radius 1 is 1.17 bits per heavy atom. The number of aromatic hydroxyl groups is 1. The smallest absolute Gasteiger partial charge is 0.312 e. The summed E-state index contributed by atoms with van der Waals surface area (Å²) in [5, 5.41) is 9.59. The molecule has 5 nitrogen and oxygen atoms in total. The molecule has 0 fully saturated rings. The molecule has 7 heteroatoms. The van der Waals surface area contributed by atoms with E-state index < -0.39 is 17.7 Å². The number of ether oxygens (including phenoxy) is 1. The molecule has 1 aromatic heterocycles. The maximum atomic E-state index is 14.6. The summed E-state index contributed by atoms with van der Waals surface area (Å²) in [6, 6.07) is 12.7. The molecule has 0 saturated heterocycles. The lowest BCUT2D eigenvalue weighted by molar-refractivity contribution is -0.135. The molecule has 2 heterocycles. The van der Waals surface area contributed by atoms with Gasteiger partial charge in [0.2, 0.25) is 0 Å². The monoisotopic (exact) mass is 427 g/mol. The molecule has 3 aromatic rings. The Kier molecular flexibility index (Phi) is 5.35. The number of hydrogen-bond acceptors (Lipinski definition) is 4. The summed E-state index contributed by atoms with van der Waals surface area (Å²) in [5.74, 6) is -1.59. The van der Waals surface area contributed by atoms with Crippen LogP contribution in [0, 0.1) is 12.7 Å². The highest BCUT2D eigenvalue weighted by atomic mass is 35.5. The predicted octanol–water partition coefficient (Wildman–Crippen LogP) is 4.34. The lowest BCUT2D eigenvalue weighted by Gasteiger charge is -2.27. The lowest BCUT2D eigenvalue weighted by atomic mass is 9.86. The number of carbonyl (C=O) groups excluding carboxylic acids is 1. The van der Waals surface area contributed by atoms with Gasteiger partial charge in [-0.3, -0.25) is 9.59 Å². The number of hydrogen-bond donors (Lipinski definition) is 1. The number of benzene rings is 2. The lowest BCUT2D eigenvalue weighted by Crippen LogP contribution is -2.34. The number of fused-ring (bicyclic) bond motifs is 1. The van der Waals surface area contributed by atoms with E-state index in [4.69, 9.17) is 16.3 Å². The van der Waals surface area contributed by atoms with E-state index in [0.29, 0.717) is 18.7 Å². The van der Waals surface area contributed by atoms with E-state index in [0.717, 1.165) is 5.56 Å². The SMILES string of the molecule is Cc1cc2c(c(=O)n1CCc1ccc(O)cc1)[C@H](c1c(F)cccc1Cl)CC(=O)O2. The second-order valence-electron chi connectivity index (χ2n) is 7.30. The molecule has 0 radical (unpaired) electrons. The highest BCUT2D eigenvalue weighted by Gasteiger charge is 2.35. The quantitative estimate of drug-likeness (QED) is 0.629. The topological polar surface area (TPSA) is 68.5 Å². The molecule has 1 aliphatic rings. The molecule has 1 aliphatic heterocycles. The summed E-state index contributed by atoms with van der Waals surface area (Å²) in [6.07, 6.45) is 0.397. The Morgan fingerprint density at radius 3 is 2.60 bits per heavy atom. The molecule has 0 unspecified atom stereocenters. The van der Waals surface area contributed by atoms with Crippen molar-refractivity contribution in [3.8, 4) is 11.5 Å². The number of aryl methyl sites for hydroxylation is 2. The van der Waals surface area contributed by atoms with Crippen LogP contribution in [0.5, 0.6) is 11.5 Å². The Hall–Kier alpha value is -3.12. The maximum absolute atomic E-state index is 14.6. The van der Waals surface area contributed by atoms with Crippen LogP contribution < -0.4 is 10.3 Å². The second-order valence-corrected chi connectivity index (χ2v) is 7.71. The number of nitrogens with zero attached hydrogens (tertiary/aromatic N) is 1. The molecule has 1 N–H and O–H groups in total. The zero-order chi connectivity index (χ0) is 21.4. The van der Waals surface area contributed by atoms with Crippen LogP contribution in [-0.2, 0) is 17.8 Å². The van der Waals surface area contributed by atoms with Gasteiger partial charge in [0.05, 0.1) is 12.0 Å². The van der Waals surface area contributed by atoms with E-state index in [9.17, 15) is 19.1 Å². The number of carbonyl (C=O) groups is 1. The largest absolute Gasteiger partial charge is 0.508 e. The van der Waals surface area contributed by atoms with Gasteiger partial charge in [0.1, 0.15) is 17.3 Å². The second kappa shape index (κ2) is 7.95. The van der Waals surface area contributed by atoms with Crippen LogP contribution in [0.25, 0.3) is 0 Å². The predicted molar refractivity (Wildman–Crippen MR) is 111 cm³/mol. The fraction of sp³-hybridized carbons (Fsp3) is 0.217. The standard InChI is InChI=1S/C23H19ClFNO4/c1-13-11-19-22(23(29)26(13)10-9-14-5-7-15(27)8-6-14)16(12-20(28)30-19)21-17(24)3-2-4-18(21)25/h2-8,11,16,27H,9-10,12H2,1H3/t16-/m0/s1. The van der Waals surface area contributed by atoms with Crippen LogP contribution in [0.15, 0.2) is 53.3 Å². The molecule has 154 valence electrons. The molecule has 1 atom stereocenters. The molecule has 0 saturated carbocycles. The third kappa shape index (κ3) is 3.71. The molecule has 0 bridgehead atoms. The molecule has 30 heavy (non-hydrogen) atoms. The van der Waals surface area contributed by atoms with Crippen molar-refractivity contribution in [3.05, 3.63) is 92.1 Å². The van der Waals surface area contributed by atoms with Crippen LogP contribution in [0.4, 0.5) is 4.39 Å². The van der Waals surface area contributed by atoms with Gasteiger partial charge in [-0.2, -0.15) is 0 Å². The minimum absolute atomic E-state index is 0.128. The van der Waals surface area contributed by atoms with Gasteiger partial charge < -0.3 is 14.4 Å². The van der Waals surface area contributed by atoms with Gasteiger partial charge in [0.25, 0.3) is 5.56 Å². The number of halogens is 2. The van der Waals surface area contributed by atoms with Gasteiger partial charge in [-0.1, -0.05) is 29.8 Å². The zero-order valence-corrected chi connectivity index (χ0v) is 16.9. The van der Waals surface area contributed by atoms with Gasteiger partial charge in [-0.25, -0.2) is 4.39 Å². The number of aromatic nitrogens is 1. The first-order chi connectivity index (χ1) is 14.3. The van der Waals surface area contributed by atoms with Gasteiger partial charge in [-0.05, 0) is 43.2 Å². The Bertz CT molecular complexity index is 1170. The molecule has 0 aliphatic carbocycles. The highest BCUT2D eigenvalue weighted by molar-refractivity contribution is 6.31. The first-order valence-electron chi connectivity index (χ1n) is 9.52. The maximum Gasteiger partial charge on any atom is 0.312 e. The molecule has 0 amide bonds.